The summed E-state index contributed by atoms with van der Waals surface area (Å²) < 4.78 is 45.2. The molecule has 3 aromatic carbocycles. The molecule has 1 saturated heterocycles. The number of nitrogens with zero attached hydrogens (tertiary/aromatic N) is 7. The quantitative estimate of drug-likeness (QED) is 0.255. The fourth-order valence-electron chi connectivity index (χ4n) is 6.52. The largest absolute Gasteiger partial charge is 1.00 e. The molecule has 52 heavy (non-hydrogen) atoms. The van der Waals surface area contributed by atoms with Crippen LogP contribution in [0.25, 0.3) is 22.8 Å². The van der Waals surface area contributed by atoms with Gasteiger partial charge in [0.25, 0.3) is 0 Å². The minimum absolute atomic E-state index is 0. The van der Waals surface area contributed by atoms with Crippen LogP contribution in [0.2, 0.25) is 0 Å². The van der Waals surface area contributed by atoms with Gasteiger partial charge in [-0.05, 0) is 62.4 Å². The topological polar surface area (TPSA) is 118 Å². The number of hydrogen-bond acceptors (Lipinski definition) is 5. The molecular formula is C37H36BrF3N8O3. The van der Waals surface area contributed by atoms with Crippen molar-refractivity contribution in [2.45, 2.75) is 32.6 Å². The molecule has 0 bridgehead atoms. The number of piperazine rings is 1. The van der Waals surface area contributed by atoms with Crippen molar-refractivity contribution in [2.75, 3.05) is 33.2 Å². The Hall–Kier alpha value is -5.46. The van der Waals surface area contributed by atoms with E-state index in [1.807, 2.05) is 24.3 Å². The molecule has 15 heteroatoms. The molecule has 3 heterocycles. The molecule has 270 valence electrons. The smallest absolute Gasteiger partial charge is 0.416 e. The summed E-state index contributed by atoms with van der Waals surface area (Å²) in [5.41, 5.74) is 0.617. The van der Waals surface area contributed by atoms with Gasteiger partial charge in [-0.3, -0.25) is 9.36 Å². The number of nitriles is 1. The highest BCUT2D eigenvalue weighted by molar-refractivity contribution is 5.89. The molecule has 0 radical (unpaired) electrons. The lowest BCUT2D eigenvalue weighted by atomic mass is 10.1. The fourth-order valence-corrected chi connectivity index (χ4v) is 6.52. The van der Waals surface area contributed by atoms with Crippen LogP contribution in [0.4, 0.5) is 18.0 Å². The summed E-state index contributed by atoms with van der Waals surface area (Å²) in [6.45, 7) is 6.25. The first-order valence-electron chi connectivity index (χ1n) is 16.3. The Labute approximate surface area is 308 Å². The van der Waals surface area contributed by atoms with Gasteiger partial charge in [0, 0.05) is 5.56 Å². The van der Waals surface area contributed by atoms with Crippen molar-refractivity contribution in [2.24, 2.45) is 0 Å². The Morgan fingerprint density at radius 3 is 2.29 bits per heavy atom. The molecule has 1 N–H and O–H groups in total. The Morgan fingerprint density at radius 1 is 0.981 bits per heavy atom. The first-order valence-corrected chi connectivity index (χ1v) is 16.3. The highest BCUT2D eigenvalue weighted by atomic mass is 79.9. The van der Waals surface area contributed by atoms with Gasteiger partial charge in [0.15, 0.2) is 0 Å². The number of imidazole rings is 1. The van der Waals surface area contributed by atoms with Crippen LogP contribution in [-0.2, 0) is 17.5 Å². The molecule has 6 rings (SSSR count). The first-order chi connectivity index (χ1) is 24.3. The van der Waals surface area contributed by atoms with Gasteiger partial charge in [0.2, 0.25) is 5.91 Å². The van der Waals surface area contributed by atoms with Crippen LogP contribution in [0.15, 0.2) is 95.9 Å². The molecule has 1 aliphatic heterocycles. The van der Waals surface area contributed by atoms with Crippen LogP contribution in [0, 0.1) is 18.3 Å². The van der Waals surface area contributed by atoms with E-state index in [2.05, 4.69) is 29.6 Å². The zero-order valence-corrected chi connectivity index (χ0v) is 30.2. The summed E-state index contributed by atoms with van der Waals surface area (Å²) in [4.78, 5) is 43.5. The Balaban J connectivity index is 0.00000523. The molecule has 2 aromatic heterocycles. The number of carbonyl (C=O) groups excluding carboxylic acids is 2. The molecule has 0 spiro atoms. The maximum absolute atomic E-state index is 14.1. The highest BCUT2D eigenvalue weighted by Gasteiger charge is 2.35. The molecule has 0 saturated carbocycles. The number of rotatable bonds is 7. The number of carbonyl (C=O) groups is 2. The van der Waals surface area contributed by atoms with Gasteiger partial charge >= 0.3 is 17.9 Å². The average molecular weight is 778 g/mol. The van der Waals surface area contributed by atoms with Crippen LogP contribution in [0.1, 0.15) is 29.3 Å². The van der Waals surface area contributed by atoms with Crippen molar-refractivity contribution >= 4 is 11.9 Å². The molecule has 1 aliphatic rings. The molecular weight excluding hydrogens is 741 g/mol. The van der Waals surface area contributed by atoms with Gasteiger partial charge in [-0.25, -0.2) is 18.8 Å². The number of nitrogens with one attached hydrogen (secondary N) is 1. The van der Waals surface area contributed by atoms with E-state index in [4.69, 9.17) is 0 Å². The minimum Gasteiger partial charge on any atom is -1.00 e. The summed E-state index contributed by atoms with van der Waals surface area (Å²) >= 11 is 0. The number of amides is 2. The van der Waals surface area contributed by atoms with Crippen LogP contribution in [-0.4, -0.2) is 79.5 Å². The predicted molar refractivity (Wildman–Crippen MR) is 183 cm³/mol. The maximum Gasteiger partial charge on any atom is 0.416 e. The van der Waals surface area contributed by atoms with E-state index in [9.17, 15) is 32.8 Å². The summed E-state index contributed by atoms with van der Waals surface area (Å²) in [6.07, 6.45) is -3.22. The van der Waals surface area contributed by atoms with Gasteiger partial charge in [-0.1, -0.05) is 36.4 Å². The van der Waals surface area contributed by atoms with Crippen molar-refractivity contribution < 1.29 is 44.2 Å². The number of aromatic nitrogens is 4. The van der Waals surface area contributed by atoms with Crippen LogP contribution in [0.5, 0.6) is 0 Å². The van der Waals surface area contributed by atoms with Gasteiger partial charge in [-0.15, -0.1) is 0 Å². The van der Waals surface area contributed by atoms with Gasteiger partial charge < -0.3 is 31.7 Å². The number of likely N-dealkylation sites (N-methyl/N-ethyl adjacent to an activating group) is 1. The Morgan fingerprint density at radius 2 is 1.65 bits per heavy atom. The monoisotopic (exact) mass is 776 g/mol. The molecule has 0 aliphatic carbocycles. The second kappa shape index (κ2) is 15.0. The molecule has 11 nitrogen and oxygen atoms in total. The van der Waals surface area contributed by atoms with Gasteiger partial charge in [-0.2, -0.15) is 23.5 Å². The predicted octanol–water partition coefficient (Wildman–Crippen LogP) is 2.13. The molecule has 5 aromatic rings. The molecule has 1 fully saturated rings. The molecule has 1 unspecified atom stereocenters. The van der Waals surface area contributed by atoms with E-state index in [1.54, 1.807) is 35.2 Å². The number of benzene rings is 3. The summed E-state index contributed by atoms with van der Waals surface area (Å²) in [5.74, 6) is -0.319. The summed E-state index contributed by atoms with van der Waals surface area (Å²) in [6, 6.07) is 22.5. The fraction of sp³-hybridized carbons (Fsp3) is 0.270. The maximum atomic E-state index is 14.1. The van der Waals surface area contributed by atoms with Crippen molar-refractivity contribution in [3.8, 4) is 28.8 Å². The normalized spacial score (nSPS) is 14.6. The number of quaternary nitrogens is 1. The van der Waals surface area contributed by atoms with Crippen LogP contribution < -0.4 is 28.0 Å². The minimum atomic E-state index is -4.67. The van der Waals surface area contributed by atoms with Crippen molar-refractivity contribution in [3.05, 3.63) is 124 Å². The first kappa shape index (κ1) is 37.8. The zero-order chi connectivity index (χ0) is 36.5. The van der Waals surface area contributed by atoms with Crippen molar-refractivity contribution in [1.29, 1.82) is 5.26 Å². The third-order valence-corrected chi connectivity index (χ3v) is 9.29. The van der Waals surface area contributed by atoms with E-state index in [1.165, 1.54) is 42.4 Å². The van der Waals surface area contributed by atoms with Crippen molar-refractivity contribution in [3.63, 3.8) is 0 Å². The van der Waals surface area contributed by atoms with E-state index >= 15 is 0 Å². The van der Waals surface area contributed by atoms with E-state index in [0.29, 0.717) is 37.4 Å². The number of hydrogen-bond donors (Lipinski definition) is 1. The zero-order valence-electron chi connectivity index (χ0n) is 28.6. The van der Waals surface area contributed by atoms with E-state index in [0.717, 1.165) is 32.3 Å². The third-order valence-electron chi connectivity index (χ3n) is 9.29. The standard InChI is InChI=1S/C37H35F3N8O3.BrH/c1-25(34(49)44-18-20-48(3,21-19-44)24-28-8-5-4-6-9-28)43-35(50)46-33(32-16-17-42-47(32)30-14-12-27(23-41)13-15-30)26(2)45(36(46)51)31-11-7-10-29(22-31)37(38,39)40;/h4-17,22,25H,18-21,24H2,1-3H3;1H. The lowest BCUT2D eigenvalue weighted by molar-refractivity contribution is -0.926. The SMILES string of the molecule is Cc1c(-c2ccnn2-c2ccc(C#N)cc2)n(C(=O)NC(C)C(=O)N2CC[N+](C)(Cc3ccccc3)CC2)c(=O)n1-c1cccc(C(F)(F)F)c1.[Br-]. The summed E-state index contributed by atoms with van der Waals surface area (Å²) in [7, 11) is 2.15. The molecule has 2 amide bonds. The van der Waals surface area contributed by atoms with Crippen LogP contribution in [0.3, 0.4) is 0 Å². The van der Waals surface area contributed by atoms with E-state index < -0.39 is 29.5 Å². The summed E-state index contributed by atoms with van der Waals surface area (Å²) in [5, 5.41) is 16.3. The Kier molecular flexibility index (Phi) is 10.9. The number of alkyl halides is 3. The highest BCUT2D eigenvalue weighted by Crippen LogP contribution is 2.32. The average Bonchev–Trinajstić information content (AvgIpc) is 3.69. The second-order valence-corrected chi connectivity index (χ2v) is 12.9. The second-order valence-electron chi connectivity index (χ2n) is 12.9. The van der Waals surface area contributed by atoms with Crippen LogP contribution >= 0.6 is 0 Å². The van der Waals surface area contributed by atoms with E-state index in [-0.39, 0.29) is 45.7 Å². The lowest BCUT2D eigenvalue weighted by Crippen LogP contribution is -3.00. The van der Waals surface area contributed by atoms with Crippen molar-refractivity contribution in [1.82, 2.24) is 29.1 Å². The third kappa shape index (κ3) is 7.58. The molecule has 1 atom stereocenters. The van der Waals surface area contributed by atoms with Gasteiger partial charge in [0.05, 0.1) is 79.4 Å². The van der Waals surface area contributed by atoms with Gasteiger partial charge in [0.1, 0.15) is 18.3 Å². The Bertz CT molecular complexity index is 2180. The lowest BCUT2D eigenvalue weighted by Gasteiger charge is -2.42. The number of halogens is 4.